The number of para-hydroxylation sites is 1. The minimum atomic E-state index is -0.220. The van der Waals surface area contributed by atoms with E-state index in [-0.39, 0.29) is 23.7 Å². The molecule has 0 spiro atoms. The van der Waals surface area contributed by atoms with E-state index in [1.165, 1.54) is 16.0 Å². The number of amides is 2. The second kappa shape index (κ2) is 4.74. The lowest BCUT2D eigenvalue weighted by molar-refractivity contribution is -0.122. The maximum absolute atomic E-state index is 12.6. The van der Waals surface area contributed by atoms with Gasteiger partial charge in [0.15, 0.2) is 0 Å². The van der Waals surface area contributed by atoms with Crippen molar-refractivity contribution < 1.29 is 9.59 Å². The summed E-state index contributed by atoms with van der Waals surface area (Å²) in [5.41, 5.74) is 2.97. The SMILES string of the molecule is CC1=C(C)C[C@H]2C(=O)N(c3ccccc3Cl)C(=O)[C@H]2C1. The predicted octanol–water partition coefficient (Wildman–Crippen LogP) is 3.58. The molecular weight excluding hydrogens is 274 g/mol. The number of hydrogen-bond donors (Lipinski definition) is 0. The molecular formula is C16H16ClNO2. The number of fused-ring (bicyclic) bond motifs is 1. The van der Waals surface area contributed by atoms with Gasteiger partial charge in [0.2, 0.25) is 11.8 Å². The normalized spacial score (nSPS) is 26.2. The van der Waals surface area contributed by atoms with E-state index < -0.39 is 0 Å². The highest BCUT2D eigenvalue weighted by Gasteiger charge is 2.49. The lowest BCUT2D eigenvalue weighted by Crippen LogP contribution is -2.31. The number of benzene rings is 1. The van der Waals surface area contributed by atoms with Gasteiger partial charge >= 0.3 is 0 Å². The fourth-order valence-corrected chi connectivity index (χ4v) is 3.34. The molecule has 4 heteroatoms. The maximum Gasteiger partial charge on any atom is 0.238 e. The Morgan fingerprint density at radius 2 is 1.50 bits per heavy atom. The van der Waals surface area contributed by atoms with Crippen LogP contribution in [0.5, 0.6) is 0 Å². The molecule has 2 amide bonds. The molecule has 0 saturated carbocycles. The van der Waals surface area contributed by atoms with Crippen molar-refractivity contribution >= 4 is 29.1 Å². The third kappa shape index (κ3) is 1.88. The van der Waals surface area contributed by atoms with Crippen molar-refractivity contribution in [2.24, 2.45) is 11.8 Å². The van der Waals surface area contributed by atoms with Crippen LogP contribution in [0, 0.1) is 11.8 Å². The van der Waals surface area contributed by atoms with Gasteiger partial charge in [-0.25, -0.2) is 4.90 Å². The van der Waals surface area contributed by atoms with Crippen molar-refractivity contribution in [2.45, 2.75) is 26.7 Å². The molecule has 3 nitrogen and oxygen atoms in total. The van der Waals surface area contributed by atoms with Gasteiger partial charge in [0.25, 0.3) is 0 Å². The van der Waals surface area contributed by atoms with E-state index in [0.29, 0.717) is 23.6 Å². The van der Waals surface area contributed by atoms with E-state index in [4.69, 9.17) is 11.6 Å². The number of rotatable bonds is 1. The summed E-state index contributed by atoms with van der Waals surface area (Å²) in [6.45, 7) is 4.09. The molecule has 1 saturated heterocycles. The summed E-state index contributed by atoms with van der Waals surface area (Å²) in [5.74, 6) is -0.662. The van der Waals surface area contributed by atoms with E-state index >= 15 is 0 Å². The molecule has 1 aromatic carbocycles. The van der Waals surface area contributed by atoms with Gasteiger partial charge in [0, 0.05) is 0 Å². The second-order valence-electron chi connectivity index (χ2n) is 5.65. The number of carbonyl (C=O) groups excluding carboxylic acids is 2. The highest BCUT2D eigenvalue weighted by Crippen LogP contribution is 2.43. The summed E-state index contributed by atoms with van der Waals surface area (Å²) < 4.78 is 0. The number of allylic oxidation sites excluding steroid dienone is 2. The van der Waals surface area contributed by atoms with Crippen molar-refractivity contribution in [3.63, 3.8) is 0 Å². The first kappa shape index (κ1) is 13.4. The van der Waals surface area contributed by atoms with Crippen molar-refractivity contribution in [3.05, 3.63) is 40.4 Å². The topological polar surface area (TPSA) is 37.4 Å². The van der Waals surface area contributed by atoms with Gasteiger partial charge in [0.05, 0.1) is 22.5 Å². The Morgan fingerprint density at radius 1 is 1.00 bits per heavy atom. The molecule has 2 atom stereocenters. The summed E-state index contributed by atoms with van der Waals surface area (Å²) in [7, 11) is 0. The summed E-state index contributed by atoms with van der Waals surface area (Å²) in [6.07, 6.45) is 1.37. The number of carbonyl (C=O) groups is 2. The number of nitrogens with zero attached hydrogens (tertiary/aromatic N) is 1. The lowest BCUT2D eigenvalue weighted by atomic mass is 9.78. The zero-order valence-corrected chi connectivity index (χ0v) is 12.3. The maximum atomic E-state index is 12.6. The average molecular weight is 290 g/mol. The van der Waals surface area contributed by atoms with Gasteiger partial charge < -0.3 is 0 Å². The Hall–Kier alpha value is -1.61. The van der Waals surface area contributed by atoms with Gasteiger partial charge in [-0.05, 0) is 38.8 Å². The molecule has 1 aromatic rings. The molecule has 1 fully saturated rings. The predicted molar refractivity (Wildman–Crippen MR) is 78.5 cm³/mol. The van der Waals surface area contributed by atoms with E-state index in [1.807, 2.05) is 13.8 Å². The van der Waals surface area contributed by atoms with Crippen LogP contribution in [0.25, 0.3) is 0 Å². The van der Waals surface area contributed by atoms with Crippen LogP contribution < -0.4 is 4.90 Å². The number of imide groups is 1. The van der Waals surface area contributed by atoms with Crippen LogP contribution in [-0.4, -0.2) is 11.8 Å². The summed E-state index contributed by atoms with van der Waals surface area (Å²) in [5, 5.41) is 0.439. The van der Waals surface area contributed by atoms with Crippen LogP contribution in [-0.2, 0) is 9.59 Å². The van der Waals surface area contributed by atoms with Crippen molar-refractivity contribution in [1.29, 1.82) is 0 Å². The highest BCUT2D eigenvalue weighted by atomic mass is 35.5. The van der Waals surface area contributed by atoms with E-state index in [0.717, 1.165) is 0 Å². The van der Waals surface area contributed by atoms with Gasteiger partial charge in [-0.3, -0.25) is 9.59 Å². The van der Waals surface area contributed by atoms with E-state index in [1.54, 1.807) is 24.3 Å². The summed E-state index contributed by atoms with van der Waals surface area (Å²) in [6, 6.07) is 7.01. The Morgan fingerprint density at radius 3 is 2.00 bits per heavy atom. The van der Waals surface area contributed by atoms with Crippen LogP contribution in [0.3, 0.4) is 0 Å². The molecule has 3 rings (SSSR count). The van der Waals surface area contributed by atoms with Crippen molar-refractivity contribution in [1.82, 2.24) is 0 Å². The largest absolute Gasteiger partial charge is 0.274 e. The van der Waals surface area contributed by atoms with Gasteiger partial charge in [-0.2, -0.15) is 0 Å². The number of anilines is 1. The Bertz CT molecular complexity index is 603. The first-order valence-electron chi connectivity index (χ1n) is 6.78. The summed E-state index contributed by atoms with van der Waals surface area (Å²) >= 11 is 6.13. The van der Waals surface area contributed by atoms with Crippen LogP contribution in [0.15, 0.2) is 35.4 Å². The first-order chi connectivity index (χ1) is 9.50. The van der Waals surface area contributed by atoms with Gasteiger partial charge in [-0.15, -0.1) is 0 Å². The number of halogens is 1. The minimum absolute atomic E-state index is 0.111. The molecule has 1 aliphatic carbocycles. The fraction of sp³-hybridized carbons (Fsp3) is 0.375. The number of hydrogen-bond acceptors (Lipinski definition) is 2. The molecule has 1 aliphatic heterocycles. The van der Waals surface area contributed by atoms with Crippen molar-refractivity contribution in [3.8, 4) is 0 Å². The van der Waals surface area contributed by atoms with Crippen LogP contribution in [0.2, 0.25) is 5.02 Å². The van der Waals surface area contributed by atoms with Crippen LogP contribution in [0.1, 0.15) is 26.7 Å². The minimum Gasteiger partial charge on any atom is -0.274 e. The highest BCUT2D eigenvalue weighted by molar-refractivity contribution is 6.36. The standard InChI is InChI=1S/C16H16ClNO2/c1-9-7-11-12(8-10(9)2)16(20)18(15(11)19)14-6-4-3-5-13(14)17/h3-6,11-12H,7-8H2,1-2H3/t11-,12+. The molecule has 0 aromatic heterocycles. The molecule has 20 heavy (non-hydrogen) atoms. The van der Waals surface area contributed by atoms with Crippen LogP contribution >= 0.6 is 11.6 Å². The molecule has 1 heterocycles. The van der Waals surface area contributed by atoms with Crippen molar-refractivity contribution in [2.75, 3.05) is 4.90 Å². The third-order valence-electron chi connectivity index (χ3n) is 4.43. The monoisotopic (exact) mass is 289 g/mol. The smallest absolute Gasteiger partial charge is 0.238 e. The Balaban J connectivity index is 2.00. The zero-order chi connectivity index (χ0) is 14.4. The zero-order valence-electron chi connectivity index (χ0n) is 11.5. The quantitative estimate of drug-likeness (QED) is 0.585. The first-order valence-corrected chi connectivity index (χ1v) is 7.16. The molecule has 0 radical (unpaired) electrons. The molecule has 0 N–H and O–H groups in total. The summed E-state index contributed by atoms with van der Waals surface area (Å²) in [4.78, 5) is 26.4. The second-order valence-corrected chi connectivity index (χ2v) is 6.05. The molecule has 2 aliphatic rings. The molecule has 0 bridgehead atoms. The van der Waals surface area contributed by atoms with Gasteiger partial charge in [0.1, 0.15) is 0 Å². The molecule has 104 valence electrons. The average Bonchev–Trinajstić information content (AvgIpc) is 2.64. The van der Waals surface area contributed by atoms with Crippen LogP contribution in [0.4, 0.5) is 5.69 Å². The lowest BCUT2D eigenvalue weighted by Gasteiger charge is -2.23. The van der Waals surface area contributed by atoms with E-state index in [9.17, 15) is 9.59 Å². The molecule has 0 unspecified atom stereocenters. The Kier molecular flexibility index (Phi) is 3.17. The third-order valence-corrected chi connectivity index (χ3v) is 4.75. The van der Waals surface area contributed by atoms with Gasteiger partial charge in [-0.1, -0.05) is 34.9 Å². The fourth-order valence-electron chi connectivity index (χ4n) is 3.12. The Labute approximate surface area is 123 Å². The van der Waals surface area contributed by atoms with E-state index in [2.05, 4.69) is 0 Å².